The smallest absolute Gasteiger partial charge is 0.312 e. The molecule has 30 heavy (non-hydrogen) atoms. The molecule has 2 aromatic rings. The standard InChI is InChI=1S/C22H24ClN3O4/c23-16-10-8-15(9-11-16)19(26-22(24)29)12-21(28)30-13-20(27)25-18-7-3-5-14-4-1-2-6-17(14)18/h1-2,4,6,8-11,18-19H,3,5,7,12-13H2,(H,25,27)(H3,24,26,29)/t18-,19-/m1/s1. The maximum absolute atomic E-state index is 12.3. The van der Waals surface area contributed by atoms with Crippen molar-refractivity contribution in [2.75, 3.05) is 6.61 Å². The van der Waals surface area contributed by atoms with Gasteiger partial charge in [0, 0.05) is 5.02 Å². The van der Waals surface area contributed by atoms with E-state index in [4.69, 9.17) is 22.1 Å². The Kier molecular flexibility index (Phi) is 7.30. The lowest BCUT2D eigenvalue weighted by molar-refractivity contribution is -0.149. The van der Waals surface area contributed by atoms with E-state index in [9.17, 15) is 14.4 Å². The van der Waals surface area contributed by atoms with Crippen LogP contribution in [0.5, 0.6) is 0 Å². The summed E-state index contributed by atoms with van der Waals surface area (Å²) < 4.78 is 5.12. The average Bonchev–Trinajstić information content (AvgIpc) is 2.72. The third kappa shape index (κ3) is 5.97. The SMILES string of the molecule is NC(=O)N[C@H](CC(=O)OCC(=O)N[C@@H]1CCCc2ccccc21)c1ccc(Cl)cc1. The molecule has 0 heterocycles. The minimum Gasteiger partial charge on any atom is -0.456 e. The van der Waals surface area contributed by atoms with Crippen LogP contribution in [0.4, 0.5) is 4.79 Å². The van der Waals surface area contributed by atoms with E-state index in [1.807, 2.05) is 18.2 Å². The molecule has 7 nitrogen and oxygen atoms in total. The van der Waals surface area contributed by atoms with Crippen LogP contribution in [0.25, 0.3) is 0 Å². The summed E-state index contributed by atoms with van der Waals surface area (Å²) in [6.45, 7) is -0.387. The van der Waals surface area contributed by atoms with Gasteiger partial charge in [-0.25, -0.2) is 4.79 Å². The predicted octanol–water partition coefficient (Wildman–Crippen LogP) is 3.18. The Morgan fingerprint density at radius 2 is 1.87 bits per heavy atom. The molecule has 0 saturated carbocycles. The van der Waals surface area contributed by atoms with Gasteiger partial charge in [0.25, 0.3) is 5.91 Å². The van der Waals surface area contributed by atoms with Gasteiger partial charge in [0.2, 0.25) is 0 Å². The Hall–Kier alpha value is -3.06. The number of hydrogen-bond donors (Lipinski definition) is 3. The summed E-state index contributed by atoms with van der Waals surface area (Å²) in [5.74, 6) is -0.987. The predicted molar refractivity (Wildman–Crippen MR) is 113 cm³/mol. The molecule has 0 saturated heterocycles. The van der Waals surface area contributed by atoms with Crippen molar-refractivity contribution in [2.45, 2.75) is 37.8 Å². The highest BCUT2D eigenvalue weighted by Crippen LogP contribution is 2.29. The summed E-state index contributed by atoms with van der Waals surface area (Å²) in [7, 11) is 0. The Labute approximate surface area is 179 Å². The van der Waals surface area contributed by atoms with E-state index < -0.39 is 18.0 Å². The van der Waals surface area contributed by atoms with Gasteiger partial charge < -0.3 is 21.1 Å². The van der Waals surface area contributed by atoms with Gasteiger partial charge in [-0.3, -0.25) is 9.59 Å². The molecule has 0 bridgehead atoms. The lowest BCUT2D eigenvalue weighted by Crippen LogP contribution is -2.36. The first-order valence-electron chi connectivity index (χ1n) is 9.76. The Balaban J connectivity index is 1.53. The molecule has 3 amide bonds. The van der Waals surface area contributed by atoms with Gasteiger partial charge in [-0.15, -0.1) is 0 Å². The zero-order valence-electron chi connectivity index (χ0n) is 16.4. The number of amides is 3. The summed E-state index contributed by atoms with van der Waals surface area (Å²) in [4.78, 5) is 35.8. The lowest BCUT2D eigenvalue weighted by atomic mass is 9.88. The number of halogens is 1. The molecule has 1 aliphatic carbocycles. The highest BCUT2D eigenvalue weighted by Gasteiger charge is 2.23. The summed E-state index contributed by atoms with van der Waals surface area (Å²) in [6.07, 6.45) is 2.67. The van der Waals surface area contributed by atoms with Crippen LogP contribution in [0, 0.1) is 0 Å². The second-order valence-electron chi connectivity index (χ2n) is 7.19. The first-order chi connectivity index (χ1) is 14.4. The second-order valence-corrected chi connectivity index (χ2v) is 7.63. The van der Waals surface area contributed by atoms with Crippen LogP contribution in [0.3, 0.4) is 0 Å². The van der Waals surface area contributed by atoms with Crippen LogP contribution in [0.15, 0.2) is 48.5 Å². The number of aryl methyl sites for hydroxylation is 1. The summed E-state index contributed by atoms with van der Waals surface area (Å²) in [6, 6.07) is 13.1. The molecule has 0 unspecified atom stereocenters. The minimum absolute atomic E-state index is 0.0838. The quantitative estimate of drug-likeness (QED) is 0.587. The van der Waals surface area contributed by atoms with E-state index in [0.29, 0.717) is 10.6 Å². The summed E-state index contributed by atoms with van der Waals surface area (Å²) in [5, 5.41) is 5.97. The fourth-order valence-corrected chi connectivity index (χ4v) is 3.76. The highest BCUT2D eigenvalue weighted by molar-refractivity contribution is 6.30. The minimum atomic E-state index is -0.767. The molecule has 0 fully saturated rings. The lowest BCUT2D eigenvalue weighted by Gasteiger charge is -2.26. The van der Waals surface area contributed by atoms with Crippen LogP contribution in [0.2, 0.25) is 5.02 Å². The molecule has 3 rings (SSSR count). The Morgan fingerprint density at radius 3 is 2.60 bits per heavy atom. The van der Waals surface area contributed by atoms with Crippen molar-refractivity contribution >= 4 is 29.5 Å². The molecular weight excluding hydrogens is 406 g/mol. The van der Waals surface area contributed by atoms with Crippen molar-refractivity contribution in [3.05, 3.63) is 70.2 Å². The van der Waals surface area contributed by atoms with Gasteiger partial charge in [-0.1, -0.05) is 48.0 Å². The number of benzene rings is 2. The fraction of sp³-hybridized carbons (Fsp3) is 0.318. The zero-order chi connectivity index (χ0) is 21.5. The largest absolute Gasteiger partial charge is 0.456 e. The number of ether oxygens (including phenoxy) is 1. The molecular formula is C22H24ClN3O4. The highest BCUT2D eigenvalue weighted by atomic mass is 35.5. The van der Waals surface area contributed by atoms with Crippen LogP contribution in [-0.2, 0) is 20.7 Å². The van der Waals surface area contributed by atoms with E-state index in [-0.39, 0.29) is 25.0 Å². The zero-order valence-corrected chi connectivity index (χ0v) is 17.2. The van der Waals surface area contributed by atoms with Crippen molar-refractivity contribution in [1.82, 2.24) is 10.6 Å². The molecule has 1 aliphatic rings. The van der Waals surface area contributed by atoms with Gasteiger partial charge in [0.15, 0.2) is 6.61 Å². The maximum Gasteiger partial charge on any atom is 0.312 e. The topological polar surface area (TPSA) is 111 Å². The molecule has 0 aromatic heterocycles. The number of carbonyl (C=O) groups excluding carboxylic acids is 3. The van der Waals surface area contributed by atoms with Gasteiger partial charge in [-0.2, -0.15) is 0 Å². The number of rotatable bonds is 7. The summed E-state index contributed by atoms with van der Waals surface area (Å²) >= 11 is 5.88. The van der Waals surface area contributed by atoms with E-state index in [1.165, 1.54) is 5.56 Å². The number of nitrogens with one attached hydrogen (secondary N) is 2. The molecule has 2 atom stereocenters. The third-order valence-corrected chi connectivity index (χ3v) is 5.28. The summed E-state index contributed by atoms with van der Waals surface area (Å²) in [5.41, 5.74) is 8.20. The molecule has 4 N–H and O–H groups in total. The first-order valence-corrected chi connectivity index (χ1v) is 10.1. The van der Waals surface area contributed by atoms with Crippen molar-refractivity contribution in [1.29, 1.82) is 0 Å². The van der Waals surface area contributed by atoms with Crippen molar-refractivity contribution in [3.63, 3.8) is 0 Å². The normalized spacial score (nSPS) is 16.1. The molecule has 0 spiro atoms. The maximum atomic E-state index is 12.3. The van der Waals surface area contributed by atoms with E-state index in [2.05, 4.69) is 16.7 Å². The third-order valence-electron chi connectivity index (χ3n) is 5.03. The van der Waals surface area contributed by atoms with E-state index >= 15 is 0 Å². The van der Waals surface area contributed by atoms with Gasteiger partial charge in [0.1, 0.15) is 0 Å². The molecule has 0 aliphatic heterocycles. The molecule has 158 valence electrons. The van der Waals surface area contributed by atoms with Crippen LogP contribution in [0.1, 0.15) is 48.0 Å². The Bertz CT molecular complexity index is 917. The number of carbonyl (C=O) groups is 3. The second kappa shape index (κ2) is 10.1. The van der Waals surface area contributed by atoms with Gasteiger partial charge in [0.05, 0.1) is 18.5 Å². The average molecular weight is 430 g/mol. The Morgan fingerprint density at radius 1 is 1.13 bits per heavy atom. The fourth-order valence-electron chi connectivity index (χ4n) is 3.63. The molecule has 8 heteroatoms. The number of nitrogens with two attached hydrogens (primary N) is 1. The number of esters is 1. The monoisotopic (exact) mass is 429 g/mol. The van der Waals surface area contributed by atoms with Crippen LogP contribution < -0.4 is 16.4 Å². The van der Waals surface area contributed by atoms with Crippen LogP contribution in [-0.4, -0.2) is 24.5 Å². The van der Waals surface area contributed by atoms with Crippen LogP contribution >= 0.6 is 11.6 Å². The van der Waals surface area contributed by atoms with Gasteiger partial charge in [-0.05, 0) is 48.1 Å². The number of fused-ring (bicyclic) bond motifs is 1. The van der Waals surface area contributed by atoms with Crippen molar-refractivity contribution < 1.29 is 19.1 Å². The molecule has 2 aromatic carbocycles. The van der Waals surface area contributed by atoms with Crippen molar-refractivity contribution in [2.24, 2.45) is 5.73 Å². The first kappa shape index (κ1) is 21.6. The number of urea groups is 1. The van der Waals surface area contributed by atoms with Crippen molar-refractivity contribution in [3.8, 4) is 0 Å². The van der Waals surface area contributed by atoms with E-state index in [0.717, 1.165) is 24.8 Å². The number of primary amides is 1. The number of hydrogen-bond acceptors (Lipinski definition) is 4. The molecule has 0 radical (unpaired) electrons. The van der Waals surface area contributed by atoms with Gasteiger partial charge >= 0.3 is 12.0 Å². The van der Waals surface area contributed by atoms with E-state index in [1.54, 1.807) is 24.3 Å².